The van der Waals surface area contributed by atoms with Crippen molar-refractivity contribution in [3.8, 4) is 0 Å². The van der Waals surface area contributed by atoms with Gasteiger partial charge in [-0.25, -0.2) is 0 Å². The lowest BCUT2D eigenvalue weighted by Crippen LogP contribution is -2.10. The third-order valence-corrected chi connectivity index (χ3v) is 1.65. The van der Waals surface area contributed by atoms with Gasteiger partial charge in [0.25, 0.3) is 0 Å². The van der Waals surface area contributed by atoms with E-state index in [0.717, 1.165) is 0 Å². The summed E-state index contributed by atoms with van der Waals surface area (Å²) in [5, 5.41) is 0. The van der Waals surface area contributed by atoms with Crippen molar-refractivity contribution in [2.24, 2.45) is 0 Å². The summed E-state index contributed by atoms with van der Waals surface area (Å²) in [5.74, 6) is 0. The Balaban J connectivity index is 2.96. The Morgan fingerprint density at radius 3 is 2.50 bits per heavy atom. The van der Waals surface area contributed by atoms with Gasteiger partial charge in [0.05, 0.1) is 0 Å². The van der Waals surface area contributed by atoms with Gasteiger partial charge in [-0.05, 0) is 31.7 Å². The highest BCUT2D eigenvalue weighted by atomic mass is 28.2. The van der Waals surface area contributed by atoms with Crippen molar-refractivity contribution < 1.29 is 0 Å². The van der Waals surface area contributed by atoms with Crippen LogP contribution in [0.25, 0.3) is 0 Å². The zero-order valence-electron chi connectivity index (χ0n) is 6.26. The molecular formula is C8H10NSi. The van der Waals surface area contributed by atoms with Crippen molar-refractivity contribution in [2.45, 2.75) is 6.92 Å². The van der Waals surface area contributed by atoms with E-state index in [1.807, 2.05) is 17.7 Å². The molecular weight excluding hydrogens is 138 g/mol. The van der Waals surface area contributed by atoms with Crippen LogP contribution >= 0.6 is 0 Å². The van der Waals surface area contributed by atoms with Gasteiger partial charge in [-0.3, -0.25) is 0 Å². The van der Waals surface area contributed by atoms with Gasteiger partial charge in [0, 0.05) is 5.69 Å². The van der Waals surface area contributed by atoms with E-state index in [1.165, 1.54) is 11.3 Å². The summed E-state index contributed by atoms with van der Waals surface area (Å²) in [5.41, 5.74) is 2.46. The predicted molar refractivity (Wildman–Crippen MR) is 45.3 cm³/mol. The summed E-state index contributed by atoms with van der Waals surface area (Å²) < 4.78 is 1.91. The standard InChI is InChI=1S/C8H10NSi/c1-7-4-3-5-8(6-7)9(2)10/h3-6H,1-2H3. The van der Waals surface area contributed by atoms with Crippen molar-refractivity contribution >= 4 is 16.1 Å². The summed E-state index contributed by atoms with van der Waals surface area (Å²) in [6, 6.07) is 8.30. The van der Waals surface area contributed by atoms with Crippen LogP contribution in [0.3, 0.4) is 0 Å². The lowest BCUT2D eigenvalue weighted by molar-refractivity contribution is 1.32. The lowest BCUT2D eigenvalue weighted by Gasteiger charge is -2.11. The summed E-state index contributed by atoms with van der Waals surface area (Å²) in [7, 11) is 5.36. The fraction of sp³-hybridized carbons (Fsp3) is 0.250. The first-order chi connectivity index (χ1) is 4.70. The zero-order chi connectivity index (χ0) is 7.56. The SMILES string of the molecule is Cc1cccc(N(C)[Si])c1. The minimum absolute atomic E-state index is 1.18. The minimum atomic E-state index is 1.18. The van der Waals surface area contributed by atoms with E-state index in [2.05, 4.69) is 35.5 Å². The number of anilines is 1. The summed E-state index contributed by atoms with van der Waals surface area (Å²) >= 11 is 0. The van der Waals surface area contributed by atoms with E-state index >= 15 is 0 Å². The van der Waals surface area contributed by atoms with Crippen molar-refractivity contribution in [1.82, 2.24) is 0 Å². The van der Waals surface area contributed by atoms with Crippen molar-refractivity contribution in [1.29, 1.82) is 0 Å². The van der Waals surface area contributed by atoms with Gasteiger partial charge < -0.3 is 4.57 Å². The van der Waals surface area contributed by atoms with Gasteiger partial charge in [0.1, 0.15) is 0 Å². The van der Waals surface area contributed by atoms with E-state index in [9.17, 15) is 0 Å². The molecule has 0 fully saturated rings. The van der Waals surface area contributed by atoms with Crippen LogP contribution < -0.4 is 4.57 Å². The van der Waals surface area contributed by atoms with Crippen LogP contribution in [0, 0.1) is 6.92 Å². The third kappa shape index (κ3) is 1.61. The van der Waals surface area contributed by atoms with E-state index in [0.29, 0.717) is 0 Å². The van der Waals surface area contributed by atoms with Gasteiger partial charge in [0.15, 0.2) is 10.4 Å². The molecule has 3 radical (unpaired) electrons. The average Bonchev–Trinajstić information content (AvgIpc) is 1.88. The van der Waals surface area contributed by atoms with E-state index < -0.39 is 0 Å². The fourth-order valence-corrected chi connectivity index (χ4v) is 0.976. The predicted octanol–water partition coefficient (Wildman–Crippen LogP) is 1.51. The highest BCUT2D eigenvalue weighted by Crippen LogP contribution is 2.11. The number of aryl methyl sites for hydroxylation is 1. The largest absolute Gasteiger partial charge is 0.402 e. The second-order valence-corrected chi connectivity index (χ2v) is 3.07. The molecule has 1 aromatic rings. The minimum Gasteiger partial charge on any atom is -0.402 e. The molecule has 51 valence electrons. The Morgan fingerprint density at radius 1 is 1.40 bits per heavy atom. The van der Waals surface area contributed by atoms with Gasteiger partial charge in [-0.15, -0.1) is 0 Å². The van der Waals surface area contributed by atoms with Gasteiger partial charge >= 0.3 is 0 Å². The lowest BCUT2D eigenvalue weighted by atomic mass is 10.2. The third-order valence-electron chi connectivity index (χ3n) is 1.39. The highest BCUT2D eigenvalue weighted by Gasteiger charge is 1.92. The Morgan fingerprint density at radius 2 is 2.10 bits per heavy atom. The quantitative estimate of drug-likeness (QED) is 0.546. The first-order valence-corrected chi connectivity index (χ1v) is 3.66. The molecule has 0 atom stereocenters. The van der Waals surface area contributed by atoms with Crippen LogP contribution in [0.4, 0.5) is 5.69 Å². The number of hydrogen-bond donors (Lipinski definition) is 0. The van der Waals surface area contributed by atoms with Gasteiger partial charge in [0.2, 0.25) is 0 Å². The number of nitrogens with zero attached hydrogens (tertiary/aromatic N) is 1. The molecule has 0 aliphatic heterocycles. The normalized spacial score (nSPS) is 9.50. The number of rotatable bonds is 1. The molecule has 0 bridgehead atoms. The molecule has 1 aromatic carbocycles. The van der Waals surface area contributed by atoms with Crippen LogP contribution in [-0.2, 0) is 0 Å². The summed E-state index contributed by atoms with van der Waals surface area (Å²) in [6.07, 6.45) is 0. The zero-order valence-corrected chi connectivity index (χ0v) is 7.26. The molecule has 2 heteroatoms. The number of hydrogen-bond acceptors (Lipinski definition) is 1. The molecule has 0 aliphatic carbocycles. The Labute approximate surface area is 65.2 Å². The first-order valence-electron chi connectivity index (χ1n) is 3.22. The molecule has 0 unspecified atom stereocenters. The maximum atomic E-state index is 3.40. The molecule has 0 amide bonds. The molecule has 0 N–H and O–H groups in total. The molecule has 10 heavy (non-hydrogen) atoms. The van der Waals surface area contributed by atoms with Crippen LogP contribution in [0.2, 0.25) is 0 Å². The number of benzene rings is 1. The molecule has 0 aromatic heterocycles. The Bertz CT molecular complexity index is 220. The van der Waals surface area contributed by atoms with Crippen LogP contribution in [0.1, 0.15) is 5.56 Å². The molecule has 0 saturated heterocycles. The van der Waals surface area contributed by atoms with E-state index in [-0.39, 0.29) is 0 Å². The van der Waals surface area contributed by atoms with E-state index in [4.69, 9.17) is 0 Å². The highest BCUT2D eigenvalue weighted by molar-refractivity contribution is 6.17. The molecule has 0 heterocycles. The van der Waals surface area contributed by atoms with Crippen molar-refractivity contribution in [2.75, 3.05) is 11.6 Å². The van der Waals surface area contributed by atoms with Gasteiger partial charge in [-0.2, -0.15) is 0 Å². The average molecular weight is 148 g/mol. The second-order valence-electron chi connectivity index (χ2n) is 2.40. The van der Waals surface area contributed by atoms with Crippen LogP contribution in [-0.4, -0.2) is 17.5 Å². The van der Waals surface area contributed by atoms with Crippen molar-refractivity contribution in [3.05, 3.63) is 29.8 Å². The maximum Gasteiger partial charge on any atom is 0.188 e. The molecule has 1 rings (SSSR count). The molecule has 0 saturated carbocycles. The smallest absolute Gasteiger partial charge is 0.188 e. The Hall–Kier alpha value is -0.763. The van der Waals surface area contributed by atoms with E-state index in [1.54, 1.807) is 0 Å². The topological polar surface area (TPSA) is 3.24 Å². The molecule has 0 spiro atoms. The van der Waals surface area contributed by atoms with Crippen molar-refractivity contribution in [3.63, 3.8) is 0 Å². The first kappa shape index (κ1) is 7.35. The summed E-state index contributed by atoms with van der Waals surface area (Å²) in [6.45, 7) is 2.08. The maximum absolute atomic E-state index is 3.40. The van der Waals surface area contributed by atoms with Crippen LogP contribution in [0.5, 0.6) is 0 Å². The molecule has 0 aliphatic rings. The summed E-state index contributed by atoms with van der Waals surface area (Å²) in [4.78, 5) is 0. The second kappa shape index (κ2) is 2.88. The monoisotopic (exact) mass is 148 g/mol. The Kier molecular flexibility index (Phi) is 2.12. The van der Waals surface area contributed by atoms with Gasteiger partial charge in [-0.1, -0.05) is 12.1 Å². The molecule has 1 nitrogen and oxygen atoms in total. The van der Waals surface area contributed by atoms with Crippen LogP contribution in [0.15, 0.2) is 24.3 Å². The fourth-order valence-electron chi connectivity index (χ4n) is 0.837.